The van der Waals surface area contributed by atoms with Gasteiger partial charge in [0.25, 0.3) is 0 Å². The van der Waals surface area contributed by atoms with Gasteiger partial charge in [-0.2, -0.15) is 0 Å². The SMILES string of the molecule is Cc1cccc(N2CCN(C(=O)C3(CN)CCOCC3)CC2)c1C.Cl.Cl. The number of nitrogens with two attached hydrogens (primary N) is 1. The van der Waals surface area contributed by atoms with Crippen LogP contribution in [0.1, 0.15) is 24.0 Å². The predicted molar refractivity (Wildman–Crippen MR) is 111 cm³/mol. The Balaban J connectivity index is 0.00000169. The molecule has 0 aromatic heterocycles. The van der Waals surface area contributed by atoms with Gasteiger partial charge in [-0.25, -0.2) is 0 Å². The average molecular weight is 404 g/mol. The van der Waals surface area contributed by atoms with Crippen molar-refractivity contribution in [2.24, 2.45) is 11.1 Å². The fourth-order valence-electron chi connectivity index (χ4n) is 3.83. The van der Waals surface area contributed by atoms with Crippen molar-refractivity contribution in [2.45, 2.75) is 26.7 Å². The number of nitrogens with zero attached hydrogens (tertiary/aromatic N) is 2. The lowest BCUT2D eigenvalue weighted by molar-refractivity contribution is -0.147. The first-order valence-corrected chi connectivity index (χ1v) is 8.96. The van der Waals surface area contributed by atoms with Gasteiger partial charge in [0, 0.05) is 51.6 Å². The number of ether oxygens (including phenoxy) is 1. The van der Waals surface area contributed by atoms with Gasteiger partial charge in [-0.3, -0.25) is 4.79 Å². The number of rotatable bonds is 3. The summed E-state index contributed by atoms with van der Waals surface area (Å²) in [7, 11) is 0. The maximum Gasteiger partial charge on any atom is 0.230 e. The van der Waals surface area contributed by atoms with Crippen LogP contribution >= 0.6 is 24.8 Å². The largest absolute Gasteiger partial charge is 0.381 e. The van der Waals surface area contributed by atoms with Gasteiger partial charge in [0.2, 0.25) is 5.91 Å². The van der Waals surface area contributed by atoms with Crippen LogP contribution in [-0.2, 0) is 9.53 Å². The molecule has 3 rings (SSSR count). The molecule has 0 bridgehead atoms. The molecule has 1 amide bonds. The summed E-state index contributed by atoms with van der Waals surface area (Å²) in [5, 5.41) is 0. The number of carbonyl (C=O) groups excluding carboxylic acids is 1. The fourth-order valence-corrected chi connectivity index (χ4v) is 3.83. The Morgan fingerprint density at radius 1 is 1.12 bits per heavy atom. The minimum Gasteiger partial charge on any atom is -0.381 e. The summed E-state index contributed by atoms with van der Waals surface area (Å²) in [5.41, 5.74) is 9.53. The molecule has 1 aromatic rings. The highest BCUT2D eigenvalue weighted by atomic mass is 35.5. The van der Waals surface area contributed by atoms with Gasteiger partial charge >= 0.3 is 0 Å². The molecule has 148 valence electrons. The summed E-state index contributed by atoms with van der Waals surface area (Å²) < 4.78 is 5.43. The summed E-state index contributed by atoms with van der Waals surface area (Å²) in [6, 6.07) is 6.44. The molecule has 7 heteroatoms. The Labute approximate surface area is 169 Å². The Morgan fingerprint density at radius 2 is 1.73 bits per heavy atom. The number of aryl methyl sites for hydroxylation is 1. The molecule has 0 spiro atoms. The molecule has 0 saturated carbocycles. The van der Waals surface area contributed by atoms with E-state index < -0.39 is 5.41 Å². The summed E-state index contributed by atoms with van der Waals surface area (Å²) in [6.45, 7) is 9.34. The number of hydrogen-bond acceptors (Lipinski definition) is 4. The van der Waals surface area contributed by atoms with Crippen molar-refractivity contribution in [3.8, 4) is 0 Å². The maximum atomic E-state index is 13.0. The van der Waals surface area contributed by atoms with Gasteiger partial charge in [0.15, 0.2) is 0 Å². The number of amides is 1. The Morgan fingerprint density at radius 3 is 2.31 bits per heavy atom. The van der Waals surface area contributed by atoms with E-state index in [1.807, 2.05) is 4.90 Å². The minimum atomic E-state index is -0.403. The third-order valence-electron chi connectivity index (χ3n) is 5.78. The molecule has 0 unspecified atom stereocenters. The second kappa shape index (κ2) is 9.79. The number of piperazine rings is 1. The predicted octanol–water partition coefficient (Wildman–Crippen LogP) is 2.55. The van der Waals surface area contributed by atoms with E-state index in [9.17, 15) is 4.79 Å². The molecule has 2 aliphatic rings. The van der Waals surface area contributed by atoms with Crippen LogP contribution in [0.15, 0.2) is 18.2 Å². The van der Waals surface area contributed by atoms with Gasteiger partial charge in [0.1, 0.15) is 0 Å². The number of anilines is 1. The highest BCUT2D eigenvalue weighted by Gasteiger charge is 2.42. The van der Waals surface area contributed by atoms with E-state index in [1.54, 1.807) is 0 Å². The van der Waals surface area contributed by atoms with Gasteiger partial charge in [0.05, 0.1) is 5.41 Å². The molecule has 2 aliphatic heterocycles. The quantitative estimate of drug-likeness (QED) is 0.841. The lowest BCUT2D eigenvalue weighted by Gasteiger charge is -2.43. The molecule has 2 saturated heterocycles. The van der Waals surface area contributed by atoms with E-state index in [0.29, 0.717) is 19.8 Å². The molecule has 0 radical (unpaired) electrons. The summed E-state index contributed by atoms with van der Waals surface area (Å²) in [4.78, 5) is 17.5. The third-order valence-corrected chi connectivity index (χ3v) is 5.78. The highest BCUT2D eigenvalue weighted by Crippen LogP contribution is 2.32. The molecule has 1 aromatic carbocycles. The number of hydrogen-bond donors (Lipinski definition) is 1. The smallest absolute Gasteiger partial charge is 0.230 e. The van der Waals surface area contributed by atoms with Crippen molar-refractivity contribution in [1.82, 2.24) is 4.90 Å². The minimum absolute atomic E-state index is 0. The summed E-state index contributed by atoms with van der Waals surface area (Å²) >= 11 is 0. The molecule has 5 nitrogen and oxygen atoms in total. The van der Waals surface area contributed by atoms with Crippen molar-refractivity contribution in [2.75, 3.05) is 50.8 Å². The second-order valence-corrected chi connectivity index (χ2v) is 7.10. The number of carbonyl (C=O) groups is 1. The van der Waals surface area contributed by atoms with Crippen molar-refractivity contribution in [3.63, 3.8) is 0 Å². The van der Waals surface area contributed by atoms with Gasteiger partial charge in [-0.15, -0.1) is 24.8 Å². The van der Waals surface area contributed by atoms with Gasteiger partial charge < -0.3 is 20.3 Å². The highest BCUT2D eigenvalue weighted by molar-refractivity contribution is 5.85. The molecular formula is C19H31Cl2N3O2. The van der Waals surface area contributed by atoms with Gasteiger partial charge in [-0.1, -0.05) is 12.1 Å². The summed E-state index contributed by atoms with van der Waals surface area (Å²) in [6.07, 6.45) is 1.50. The molecule has 2 N–H and O–H groups in total. The van der Waals surface area contributed by atoms with Crippen LogP contribution in [0.3, 0.4) is 0 Å². The molecule has 0 atom stereocenters. The molecule has 2 heterocycles. The Bertz CT molecular complexity index is 598. The fraction of sp³-hybridized carbons (Fsp3) is 0.632. The van der Waals surface area contributed by atoms with E-state index in [-0.39, 0.29) is 30.7 Å². The average Bonchev–Trinajstić information content (AvgIpc) is 2.64. The van der Waals surface area contributed by atoms with Crippen LogP contribution in [0.5, 0.6) is 0 Å². The topological polar surface area (TPSA) is 58.8 Å². The normalized spacial score (nSPS) is 19.3. The first-order valence-electron chi connectivity index (χ1n) is 8.96. The lowest BCUT2D eigenvalue weighted by atomic mass is 9.78. The first kappa shape index (κ1) is 23.0. The second-order valence-electron chi connectivity index (χ2n) is 7.10. The van der Waals surface area contributed by atoms with E-state index in [4.69, 9.17) is 10.5 Å². The monoisotopic (exact) mass is 403 g/mol. The van der Waals surface area contributed by atoms with Crippen molar-refractivity contribution in [3.05, 3.63) is 29.3 Å². The van der Waals surface area contributed by atoms with E-state index in [0.717, 1.165) is 39.0 Å². The summed E-state index contributed by atoms with van der Waals surface area (Å²) in [5.74, 6) is 0.230. The van der Waals surface area contributed by atoms with Crippen molar-refractivity contribution in [1.29, 1.82) is 0 Å². The van der Waals surface area contributed by atoms with Crippen molar-refractivity contribution >= 4 is 36.4 Å². The zero-order valence-corrected chi connectivity index (χ0v) is 17.3. The van der Waals surface area contributed by atoms with Crippen LogP contribution in [0.2, 0.25) is 0 Å². The van der Waals surface area contributed by atoms with Crippen LogP contribution in [0.4, 0.5) is 5.69 Å². The van der Waals surface area contributed by atoms with Crippen LogP contribution in [0, 0.1) is 19.3 Å². The zero-order valence-electron chi connectivity index (χ0n) is 15.7. The standard InChI is InChI=1S/C19H29N3O2.2ClH/c1-15-4-3-5-17(16(15)2)21-8-10-22(11-9-21)18(23)19(14-20)6-12-24-13-7-19;;/h3-5H,6-14,20H2,1-2H3;2*1H. The Hall–Kier alpha value is -1.01. The maximum absolute atomic E-state index is 13.0. The number of halogens is 2. The van der Waals surface area contributed by atoms with E-state index in [1.165, 1.54) is 16.8 Å². The molecule has 26 heavy (non-hydrogen) atoms. The molecule has 0 aliphatic carbocycles. The zero-order chi connectivity index (χ0) is 17.2. The molecular weight excluding hydrogens is 373 g/mol. The number of benzene rings is 1. The van der Waals surface area contributed by atoms with Gasteiger partial charge in [-0.05, 0) is 43.9 Å². The lowest BCUT2D eigenvalue weighted by Crippen LogP contribution is -2.56. The van der Waals surface area contributed by atoms with Crippen LogP contribution < -0.4 is 10.6 Å². The van der Waals surface area contributed by atoms with E-state index >= 15 is 0 Å². The molecule has 2 fully saturated rings. The Kier molecular flexibility index (Phi) is 8.67. The van der Waals surface area contributed by atoms with Crippen LogP contribution in [0.25, 0.3) is 0 Å². The third kappa shape index (κ3) is 4.45. The van der Waals surface area contributed by atoms with Crippen LogP contribution in [-0.4, -0.2) is 56.7 Å². The van der Waals surface area contributed by atoms with E-state index in [2.05, 4.69) is 36.9 Å². The first-order chi connectivity index (χ1) is 11.6. The van der Waals surface area contributed by atoms with Crippen molar-refractivity contribution < 1.29 is 9.53 Å².